The number of carbonyl (C=O) groups excluding carboxylic acids is 2. The van der Waals surface area contributed by atoms with Crippen molar-refractivity contribution in [1.82, 2.24) is 0 Å². The number of nitrogens with two attached hydrogens (primary N) is 2. The van der Waals surface area contributed by atoms with E-state index in [4.69, 9.17) is 20.9 Å². The lowest BCUT2D eigenvalue weighted by atomic mass is 9.91. The molecular weight excluding hydrogens is 490 g/mol. The van der Waals surface area contributed by atoms with Crippen LogP contribution in [0.2, 0.25) is 0 Å². The van der Waals surface area contributed by atoms with Gasteiger partial charge in [0.05, 0.1) is 29.3 Å². The maximum Gasteiger partial charge on any atom is 0.343 e. The normalized spacial score (nSPS) is 13.6. The lowest BCUT2D eigenvalue weighted by Crippen LogP contribution is -2.22. The SMILES string of the molecule is NC(N)=Nc1ccc2c(c1)CCCOc1c(cccc1C(=O)C[C@@H](Cc1ccc(O)cc1)C(=O)O)OC2=O. The quantitative estimate of drug-likeness (QED) is 0.120. The number of hydrogen-bond acceptors (Lipinski definition) is 7. The minimum atomic E-state index is -1.12. The second-order valence-corrected chi connectivity index (χ2v) is 8.89. The molecule has 38 heavy (non-hydrogen) atoms. The van der Waals surface area contributed by atoms with Gasteiger partial charge in [-0.05, 0) is 72.9 Å². The molecule has 10 heteroatoms. The molecule has 10 nitrogen and oxygen atoms in total. The van der Waals surface area contributed by atoms with Gasteiger partial charge in [-0.2, -0.15) is 0 Å². The highest BCUT2D eigenvalue weighted by molar-refractivity contribution is 6.01. The van der Waals surface area contributed by atoms with Crippen molar-refractivity contribution in [2.45, 2.75) is 25.7 Å². The number of aryl methyl sites for hydroxylation is 1. The summed E-state index contributed by atoms with van der Waals surface area (Å²) < 4.78 is 11.5. The summed E-state index contributed by atoms with van der Waals surface area (Å²) in [4.78, 5) is 42.3. The van der Waals surface area contributed by atoms with Gasteiger partial charge in [0, 0.05) is 6.42 Å². The molecule has 0 saturated heterocycles. The molecule has 0 bridgehead atoms. The summed E-state index contributed by atoms with van der Waals surface area (Å²) in [7, 11) is 0. The number of carboxylic acid groups (broad SMARTS) is 1. The first-order valence-corrected chi connectivity index (χ1v) is 12.0. The topological polar surface area (TPSA) is 175 Å². The van der Waals surface area contributed by atoms with E-state index in [9.17, 15) is 24.6 Å². The van der Waals surface area contributed by atoms with Crippen molar-refractivity contribution in [3.05, 3.63) is 82.9 Å². The number of phenols is 1. The van der Waals surface area contributed by atoms with E-state index in [2.05, 4.69) is 4.99 Å². The van der Waals surface area contributed by atoms with Crippen LogP contribution in [0.15, 0.2) is 65.7 Å². The van der Waals surface area contributed by atoms with Crippen molar-refractivity contribution >= 4 is 29.4 Å². The maximum absolute atomic E-state index is 13.3. The van der Waals surface area contributed by atoms with Gasteiger partial charge < -0.3 is 31.2 Å². The van der Waals surface area contributed by atoms with E-state index in [-0.39, 0.29) is 48.2 Å². The molecular formula is C28H27N3O7. The predicted octanol–water partition coefficient (Wildman–Crippen LogP) is 3.36. The molecule has 1 aliphatic rings. The van der Waals surface area contributed by atoms with Crippen molar-refractivity contribution in [3.8, 4) is 17.2 Å². The van der Waals surface area contributed by atoms with Crippen LogP contribution < -0.4 is 20.9 Å². The van der Waals surface area contributed by atoms with Crippen LogP contribution in [0.5, 0.6) is 17.2 Å². The summed E-state index contributed by atoms with van der Waals surface area (Å²) in [6.07, 6.45) is 0.800. The predicted molar refractivity (Wildman–Crippen MR) is 139 cm³/mol. The zero-order valence-corrected chi connectivity index (χ0v) is 20.4. The number of benzene rings is 3. The zero-order chi connectivity index (χ0) is 27.2. The molecule has 1 atom stereocenters. The molecule has 0 radical (unpaired) electrons. The van der Waals surface area contributed by atoms with Gasteiger partial charge in [0.15, 0.2) is 23.2 Å². The van der Waals surface area contributed by atoms with Crippen LogP contribution in [-0.4, -0.2) is 40.5 Å². The van der Waals surface area contributed by atoms with Gasteiger partial charge in [0.25, 0.3) is 0 Å². The lowest BCUT2D eigenvalue weighted by molar-refractivity contribution is -0.141. The Kier molecular flexibility index (Phi) is 7.91. The number of aromatic hydroxyl groups is 1. The molecule has 3 aromatic rings. The van der Waals surface area contributed by atoms with Crippen molar-refractivity contribution in [1.29, 1.82) is 0 Å². The van der Waals surface area contributed by atoms with E-state index in [1.807, 2.05) is 0 Å². The van der Waals surface area contributed by atoms with Gasteiger partial charge in [-0.3, -0.25) is 9.59 Å². The van der Waals surface area contributed by atoms with E-state index in [0.717, 1.165) is 0 Å². The molecule has 0 aliphatic carbocycles. The first-order valence-electron chi connectivity index (χ1n) is 12.0. The van der Waals surface area contributed by atoms with Gasteiger partial charge in [-0.25, -0.2) is 9.79 Å². The molecule has 0 amide bonds. The van der Waals surface area contributed by atoms with Gasteiger partial charge in [0.1, 0.15) is 5.75 Å². The van der Waals surface area contributed by atoms with Crippen LogP contribution in [0.1, 0.15) is 44.7 Å². The number of aliphatic carboxylic acids is 1. The molecule has 0 aromatic heterocycles. The molecule has 6 N–H and O–H groups in total. The Labute approximate surface area is 218 Å². The number of carbonyl (C=O) groups is 3. The summed E-state index contributed by atoms with van der Waals surface area (Å²) in [5.41, 5.74) is 13.3. The smallest absolute Gasteiger partial charge is 0.343 e. The van der Waals surface area contributed by atoms with Gasteiger partial charge in [-0.1, -0.05) is 18.2 Å². The molecule has 0 spiro atoms. The molecule has 0 unspecified atom stereocenters. The fourth-order valence-electron chi connectivity index (χ4n) is 4.26. The molecule has 0 fully saturated rings. The van der Waals surface area contributed by atoms with E-state index in [1.54, 1.807) is 36.4 Å². The molecule has 0 saturated carbocycles. The standard InChI is InChI=1S/C28H27N3O7/c29-28(30)31-19-8-11-21-17(14-19)3-2-12-37-25-22(4-1-5-24(25)38-27(21)36)23(33)15-18(26(34)35)13-16-6-9-20(32)10-7-16/h1,4-11,14,18,32H,2-3,12-13,15H2,(H,34,35)(H4,29,30,31)/t18-/m1/s1. The fourth-order valence-corrected chi connectivity index (χ4v) is 4.26. The van der Waals surface area contributed by atoms with Crippen molar-refractivity contribution in [2.24, 2.45) is 22.4 Å². The minimum absolute atomic E-state index is 0.0624. The number of aliphatic imine (C=N–C) groups is 1. The second-order valence-electron chi connectivity index (χ2n) is 8.89. The maximum atomic E-state index is 13.3. The Morgan fingerprint density at radius 1 is 1.05 bits per heavy atom. The number of hydrogen-bond donors (Lipinski definition) is 4. The van der Waals surface area contributed by atoms with Gasteiger partial charge in [-0.15, -0.1) is 0 Å². The number of ketones is 1. The number of Topliss-reactive ketones (excluding diaryl/α,β-unsaturated/α-hetero) is 1. The number of ether oxygens (including phenoxy) is 2. The summed E-state index contributed by atoms with van der Waals surface area (Å²) in [6, 6.07) is 15.6. The monoisotopic (exact) mass is 517 g/mol. The van der Waals surface area contributed by atoms with Crippen LogP contribution in [0.3, 0.4) is 0 Å². The number of fused-ring (bicyclic) bond motifs is 2. The van der Waals surface area contributed by atoms with Crippen molar-refractivity contribution in [2.75, 3.05) is 6.61 Å². The summed E-state index contributed by atoms with van der Waals surface area (Å²) >= 11 is 0. The third-order valence-corrected chi connectivity index (χ3v) is 6.09. The van der Waals surface area contributed by atoms with E-state index >= 15 is 0 Å². The van der Waals surface area contributed by atoms with Crippen LogP contribution in [-0.2, 0) is 17.6 Å². The van der Waals surface area contributed by atoms with E-state index < -0.39 is 23.6 Å². The third-order valence-electron chi connectivity index (χ3n) is 6.09. The number of esters is 1. The summed E-state index contributed by atoms with van der Waals surface area (Å²) in [5, 5.41) is 19.2. The van der Waals surface area contributed by atoms with Crippen LogP contribution in [0, 0.1) is 5.92 Å². The Morgan fingerprint density at radius 3 is 2.53 bits per heavy atom. The fraction of sp³-hybridized carbons (Fsp3) is 0.214. The molecule has 1 aliphatic heterocycles. The van der Waals surface area contributed by atoms with Crippen molar-refractivity contribution < 1.29 is 34.1 Å². The average molecular weight is 518 g/mol. The number of para-hydroxylation sites is 1. The Hall–Kier alpha value is -4.86. The first kappa shape index (κ1) is 26.2. The Balaban J connectivity index is 1.59. The minimum Gasteiger partial charge on any atom is -0.508 e. The number of rotatable bonds is 7. The highest BCUT2D eigenvalue weighted by Gasteiger charge is 2.27. The molecule has 3 aromatic carbocycles. The molecule has 196 valence electrons. The molecule has 1 heterocycles. The van der Waals surface area contributed by atoms with Gasteiger partial charge in [0.2, 0.25) is 0 Å². The number of nitrogens with zero attached hydrogens (tertiary/aromatic N) is 1. The van der Waals surface area contributed by atoms with E-state index in [1.165, 1.54) is 24.3 Å². The largest absolute Gasteiger partial charge is 0.508 e. The number of guanidine groups is 1. The lowest BCUT2D eigenvalue weighted by Gasteiger charge is -2.19. The van der Waals surface area contributed by atoms with Gasteiger partial charge >= 0.3 is 11.9 Å². The second kappa shape index (κ2) is 11.5. The third kappa shape index (κ3) is 6.28. The highest BCUT2D eigenvalue weighted by Crippen LogP contribution is 2.35. The number of phenolic OH excluding ortho intramolecular Hbond substituents is 1. The first-order chi connectivity index (χ1) is 18.2. The average Bonchev–Trinajstić information content (AvgIpc) is 2.87. The zero-order valence-electron chi connectivity index (χ0n) is 20.4. The van der Waals surface area contributed by atoms with Crippen LogP contribution >= 0.6 is 0 Å². The summed E-state index contributed by atoms with van der Waals surface area (Å²) in [6.45, 7) is 0.219. The molecule has 4 rings (SSSR count). The Morgan fingerprint density at radius 2 is 1.82 bits per heavy atom. The summed E-state index contributed by atoms with van der Waals surface area (Å²) in [5.74, 6) is -3.09. The van der Waals surface area contributed by atoms with Crippen molar-refractivity contribution in [3.63, 3.8) is 0 Å². The van der Waals surface area contributed by atoms with Crippen LogP contribution in [0.4, 0.5) is 5.69 Å². The van der Waals surface area contributed by atoms with E-state index in [0.29, 0.717) is 35.2 Å². The Bertz CT molecular complexity index is 1400. The number of carboxylic acids is 1. The highest BCUT2D eigenvalue weighted by atomic mass is 16.6. The van der Waals surface area contributed by atoms with Crippen LogP contribution in [0.25, 0.3) is 0 Å².